The van der Waals surface area contributed by atoms with Crippen molar-refractivity contribution in [3.05, 3.63) is 58.7 Å². The van der Waals surface area contributed by atoms with Gasteiger partial charge < -0.3 is 14.8 Å². The van der Waals surface area contributed by atoms with Crippen LogP contribution in [0.3, 0.4) is 0 Å². The van der Waals surface area contributed by atoms with Crippen LogP contribution in [0.1, 0.15) is 42.5 Å². The third kappa shape index (κ3) is 6.31. The van der Waals surface area contributed by atoms with Crippen molar-refractivity contribution in [3.8, 4) is 11.5 Å². The molecule has 2 rings (SSSR count). The molecule has 0 radical (unpaired) electrons. The van der Waals surface area contributed by atoms with Crippen molar-refractivity contribution in [1.29, 1.82) is 0 Å². The number of amides is 1. The van der Waals surface area contributed by atoms with Gasteiger partial charge in [0.2, 0.25) is 0 Å². The quantitative estimate of drug-likeness (QED) is 0.661. The average Bonchev–Trinajstić information content (AvgIpc) is 2.64. The van der Waals surface area contributed by atoms with E-state index < -0.39 is 6.10 Å². The van der Waals surface area contributed by atoms with Crippen molar-refractivity contribution in [2.75, 3.05) is 13.2 Å². The van der Waals surface area contributed by atoms with Gasteiger partial charge in [0, 0.05) is 0 Å². The predicted molar refractivity (Wildman–Crippen MR) is 110 cm³/mol. The summed E-state index contributed by atoms with van der Waals surface area (Å²) < 4.78 is 11.5. The lowest BCUT2D eigenvalue weighted by atomic mass is 10.1. The molecule has 0 fully saturated rings. The Kier molecular flexibility index (Phi) is 7.71. The molecule has 0 aliphatic heterocycles. The first kappa shape index (κ1) is 20.8. The third-order valence-corrected chi connectivity index (χ3v) is 4.57. The normalized spacial score (nSPS) is 11.7. The van der Waals surface area contributed by atoms with Crippen LogP contribution in [-0.4, -0.2) is 25.2 Å². The third-order valence-electron chi connectivity index (χ3n) is 4.57. The molecule has 0 bridgehead atoms. The second kappa shape index (κ2) is 10.0. The molecular formula is C23H31NO3. The maximum absolute atomic E-state index is 12.3. The van der Waals surface area contributed by atoms with E-state index in [1.54, 1.807) is 6.92 Å². The monoisotopic (exact) mass is 369 g/mol. The summed E-state index contributed by atoms with van der Waals surface area (Å²) in [6, 6.07) is 12.2. The first-order chi connectivity index (χ1) is 12.9. The van der Waals surface area contributed by atoms with Crippen LogP contribution in [0.15, 0.2) is 36.4 Å². The van der Waals surface area contributed by atoms with E-state index in [1.807, 2.05) is 39.0 Å². The van der Waals surface area contributed by atoms with E-state index in [4.69, 9.17) is 9.47 Å². The average molecular weight is 370 g/mol. The molecule has 0 saturated heterocycles. The smallest absolute Gasteiger partial charge is 0.260 e. The first-order valence-electron chi connectivity index (χ1n) is 9.64. The number of aryl methyl sites for hydroxylation is 3. The summed E-state index contributed by atoms with van der Waals surface area (Å²) in [5, 5.41) is 2.86. The predicted octanol–water partition coefficient (Wildman–Crippen LogP) is 4.53. The van der Waals surface area contributed by atoms with Gasteiger partial charge in [-0.3, -0.25) is 4.79 Å². The van der Waals surface area contributed by atoms with Crippen LogP contribution < -0.4 is 14.8 Å². The Bertz CT molecular complexity index is 753. The molecule has 0 aromatic heterocycles. The molecule has 0 spiro atoms. The largest absolute Gasteiger partial charge is 0.492 e. The summed E-state index contributed by atoms with van der Waals surface area (Å²) >= 11 is 0. The summed E-state index contributed by atoms with van der Waals surface area (Å²) in [5.74, 6) is 1.44. The molecule has 1 atom stereocenters. The minimum atomic E-state index is -0.557. The second-order valence-electron chi connectivity index (χ2n) is 7.00. The van der Waals surface area contributed by atoms with Crippen LogP contribution >= 0.6 is 0 Å². The van der Waals surface area contributed by atoms with Crippen molar-refractivity contribution in [2.45, 2.75) is 53.6 Å². The van der Waals surface area contributed by atoms with E-state index in [1.165, 1.54) is 5.56 Å². The molecule has 2 aromatic rings. The summed E-state index contributed by atoms with van der Waals surface area (Å²) in [6.07, 6.45) is 1.65. The van der Waals surface area contributed by atoms with Gasteiger partial charge in [0.15, 0.2) is 6.10 Å². The molecule has 0 saturated carbocycles. The maximum atomic E-state index is 12.3. The zero-order valence-electron chi connectivity index (χ0n) is 17.1. The van der Waals surface area contributed by atoms with E-state index in [9.17, 15) is 4.79 Å². The Morgan fingerprint density at radius 1 is 1.11 bits per heavy atom. The lowest BCUT2D eigenvalue weighted by Gasteiger charge is -2.18. The Morgan fingerprint density at radius 3 is 2.48 bits per heavy atom. The van der Waals surface area contributed by atoms with Gasteiger partial charge in [-0.05, 0) is 74.6 Å². The fourth-order valence-corrected chi connectivity index (χ4v) is 2.90. The van der Waals surface area contributed by atoms with Gasteiger partial charge in [-0.25, -0.2) is 0 Å². The van der Waals surface area contributed by atoms with Crippen LogP contribution in [0, 0.1) is 20.8 Å². The van der Waals surface area contributed by atoms with Crippen molar-refractivity contribution in [3.63, 3.8) is 0 Å². The number of benzene rings is 2. The summed E-state index contributed by atoms with van der Waals surface area (Å²) in [4.78, 5) is 12.3. The number of carbonyl (C=O) groups is 1. The highest BCUT2D eigenvalue weighted by Crippen LogP contribution is 2.24. The molecule has 1 unspecified atom stereocenters. The Balaban J connectivity index is 1.76. The van der Waals surface area contributed by atoms with Crippen LogP contribution in [-0.2, 0) is 11.2 Å². The molecule has 0 aliphatic carbocycles. The van der Waals surface area contributed by atoms with Gasteiger partial charge in [0.25, 0.3) is 5.91 Å². The fourth-order valence-electron chi connectivity index (χ4n) is 2.90. The van der Waals surface area contributed by atoms with Crippen molar-refractivity contribution in [1.82, 2.24) is 5.32 Å². The zero-order chi connectivity index (χ0) is 19.8. The minimum Gasteiger partial charge on any atom is -0.492 e. The molecule has 146 valence electrons. The van der Waals surface area contributed by atoms with Crippen LogP contribution in [0.2, 0.25) is 0 Å². The van der Waals surface area contributed by atoms with Gasteiger partial charge in [-0.15, -0.1) is 0 Å². The van der Waals surface area contributed by atoms with Gasteiger partial charge in [0.1, 0.15) is 18.1 Å². The standard InChI is InChI=1S/C23H31NO3/c1-6-7-20-8-10-21(11-9-20)26-13-12-24-23(25)19(5)27-22-15-16(2)14-17(3)18(22)4/h8-11,14-15,19H,6-7,12-13H2,1-5H3,(H,24,25). The molecular weight excluding hydrogens is 338 g/mol. The molecule has 1 N–H and O–H groups in total. The van der Waals surface area contributed by atoms with Crippen LogP contribution in [0.5, 0.6) is 11.5 Å². The molecule has 0 heterocycles. The number of ether oxygens (including phenoxy) is 2. The Morgan fingerprint density at radius 2 is 1.81 bits per heavy atom. The molecule has 1 amide bonds. The van der Waals surface area contributed by atoms with E-state index >= 15 is 0 Å². The van der Waals surface area contributed by atoms with Gasteiger partial charge in [0.05, 0.1) is 6.54 Å². The topological polar surface area (TPSA) is 47.6 Å². The lowest BCUT2D eigenvalue weighted by molar-refractivity contribution is -0.127. The molecule has 4 nitrogen and oxygen atoms in total. The van der Waals surface area contributed by atoms with Crippen molar-refractivity contribution >= 4 is 5.91 Å². The number of hydrogen-bond donors (Lipinski definition) is 1. The molecule has 4 heteroatoms. The summed E-state index contributed by atoms with van der Waals surface area (Å²) in [7, 11) is 0. The van der Waals surface area contributed by atoms with Crippen LogP contribution in [0.25, 0.3) is 0 Å². The van der Waals surface area contributed by atoms with E-state index in [2.05, 4.69) is 30.4 Å². The summed E-state index contributed by atoms with van der Waals surface area (Å²) in [5.41, 5.74) is 4.66. The highest BCUT2D eigenvalue weighted by atomic mass is 16.5. The van der Waals surface area contributed by atoms with Gasteiger partial charge in [-0.1, -0.05) is 31.5 Å². The van der Waals surface area contributed by atoms with Crippen LogP contribution in [0.4, 0.5) is 0 Å². The summed E-state index contributed by atoms with van der Waals surface area (Å²) in [6.45, 7) is 10.9. The van der Waals surface area contributed by atoms with E-state index in [0.717, 1.165) is 41.0 Å². The Labute approximate surface area is 162 Å². The SMILES string of the molecule is CCCc1ccc(OCCNC(=O)C(C)Oc2cc(C)cc(C)c2C)cc1. The fraction of sp³-hybridized carbons (Fsp3) is 0.435. The Hall–Kier alpha value is -2.49. The molecule has 27 heavy (non-hydrogen) atoms. The maximum Gasteiger partial charge on any atom is 0.260 e. The number of rotatable bonds is 9. The second-order valence-corrected chi connectivity index (χ2v) is 7.00. The molecule has 2 aromatic carbocycles. The van der Waals surface area contributed by atoms with Crippen molar-refractivity contribution < 1.29 is 14.3 Å². The van der Waals surface area contributed by atoms with Gasteiger partial charge in [-0.2, -0.15) is 0 Å². The number of carbonyl (C=O) groups excluding carboxylic acids is 1. The zero-order valence-corrected chi connectivity index (χ0v) is 17.1. The molecule has 0 aliphatic rings. The minimum absolute atomic E-state index is 0.143. The highest BCUT2D eigenvalue weighted by molar-refractivity contribution is 5.80. The first-order valence-corrected chi connectivity index (χ1v) is 9.64. The lowest BCUT2D eigenvalue weighted by Crippen LogP contribution is -2.38. The highest BCUT2D eigenvalue weighted by Gasteiger charge is 2.16. The number of nitrogens with one attached hydrogen (secondary N) is 1. The number of hydrogen-bond acceptors (Lipinski definition) is 3. The van der Waals surface area contributed by atoms with E-state index in [-0.39, 0.29) is 5.91 Å². The van der Waals surface area contributed by atoms with Crippen molar-refractivity contribution in [2.24, 2.45) is 0 Å². The van der Waals surface area contributed by atoms with Gasteiger partial charge >= 0.3 is 0 Å². The van der Waals surface area contributed by atoms with E-state index in [0.29, 0.717) is 13.2 Å².